The van der Waals surface area contributed by atoms with Gasteiger partial charge in [-0.25, -0.2) is 9.97 Å². The molecule has 2 aromatic rings. The minimum atomic E-state index is -0.230. The highest BCUT2D eigenvalue weighted by atomic mass is 79.9. The number of carbonyl (C=O) groups excluding carboxylic acids is 1. The smallest absolute Gasteiger partial charge is 0.215 e. The van der Waals surface area contributed by atoms with Crippen molar-refractivity contribution in [3.63, 3.8) is 0 Å². The lowest BCUT2D eigenvalue weighted by molar-refractivity contribution is 0.103. The third-order valence-corrected chi connectivity index (χ3v) is 4.70. The molecule has 1 saturated heterocycles. The highest BCUT2D eigenvalue weighted by Crippen LogP contribution is 2.19. The first-order valence-electron chi connectivity index (χ1n) is 8.52. The Morgan fingerprint density at radius 3 is 2.96 bits per heavy atom. The number of nitrogens with zero attached hydrogens (tertiary/aromatic N) is 3. The number of aromatic nitrogens is 2. The number of nitrogens with two attached hydrogens (primary N) is 1. The third-order valence-electron chi connectivity index (χ3n) is 4.27. The van der Waals surface area contributed by atoms with Gasteiger partial charge in [-0.1, -0.05) is 6.07 Å². The van der Waals surface area contributed by atoms with Gasteiger partial charge in [0.25, 0.3) is 0 Å². The fourth-order valence-electron chi connectivity index (χ4n) is 2.95. The van der Waals surface area contributed by atoms with Crippen LogP contribution in [0.3, 0.4) is 0 Å². The first-order valence-corrected chi connectivity index (χ1v) is 9.32. The number of nitrogen functional groups attached to an aromatic ring is 1. The minimum absolute atomic E-state index is 0. The standard InChI is InChI=1S/C18H22BrN5O.3H2/c19-13-11-14(18(20)22-12-13)17(25)15-5-3-6-16(23-15)21-7-4-10-24-8-1-2-9-24;;;/h3,5-6,11-12H,1-2,4,7-10H2,(H2,20,22)(H,21,23);3*1H. The van der Waals surface area contributed by atoms with Crippen LogP contribution in [0.25, 0.3) is 0 Å². The van der Waals surface area contributed by atoms with Gasteiger partial charge in [-0.3, -0.25) is 4.79 Å². The van der Waals surface area contributed by atoms with E-state index < -0.39 is 0 Å². The van der Waals surface area contributed by atoms with Gasteiger partial charge in [0.2, 0.25) is 5.78 Å². The Morgan fingerprint density at radius 2 is 2.16 bits per heavy atom. The SMILES string of the molecule is Nc1ncc(Br)cc1C(=O)c1cccc(NCCCN2CCCC2)n1.[HH].[HH].[HH]. The molecule has 3 rings (SSSR count). The van der Waals surface area contributed by atoms with Gasteiger partial charge in [0.1, 0.15) is 17.3 Å². The first-order chi connectivity index (χ1) is 12.1. The lowest BCUT2D eigenvalue weighted by Gasteiger charge is -2.14. The number of carbonyl (C=O) groups is 1. The summed E-state index contributed by atoms with van der Waals surface area (Å²) >= 11 is 3.31. The lowest BCUT2D eigenvalue weighted by atomic mass is 10.1. The van der Waals surface area contributed by atoms with Crippen molar-refractivity contribution < 1.29 is 9.07 Å². The molecule has 0 unspecified atom stereocenters. The van der Waals surface area contributed by atoms with Crippen LogP contribution in [-0.4, -0.2) is 46.8 Å². The molecule has 0 amide bonds. The van der Waals surface area contributed by atoms with Gasteiger partial charge in [0.15, 0.2) is 0 Å². The highest BCUT2D eigenvalue weighted by molar-refractivity contribution is 9.10. The van der Waals surface area contributed by atoms with Gasteiger partial charge in [-0.2, -0.15) is 0 Å². The summed E-state index contributed by atoms with van der Waals surface area (Å²) < 4.78 is 0.709. The maximum Gasteiger partial charge on any atom is 0.215 e. The van der Waals surface area contributed by atoms with E-state index in [0.717, 1.165) is 19.5 Å². The summed E-state index contributed by atoms with van der Waals surface area (Å²) in [4.78, 5) is 23.5. The number of likely N-dealkylation sites (tertiary alicyclic amines) is 1. The third kappa shape index (κ3) is 4.76. The molecule has 1 aliphatic rings. The second kappa shape index (κ2) is 8.40. The Morgan fingerprint density at radius 1 is 1.36 bits per heavy atom. The van der Waals surface area contributed by atoms with Crippen LogP contribution in [0.4, 0.5) is 11.6 Å². The largest absolute Gasteiger partial charge is 0.383 e. The molecule has 2 aromatic heterocycles. The zero-order valence-corrected chi connectivity index (χ0v) is 15.6. The van der Waals surface area contributed by atoms with Crippen molar-refractivity contribution >= 4 is 33.3 Å². The molecule has 25 heavy (non-hydrogen) atoms. The molecule has 0 bridgehead atoms. The molecule has 1 aliphatic heterocycles. The maximum absolute atomic E-state index is 12.6. The van der Waals surface area contributed by atoms with E-state index in [2.05, 4.69) is 36.1 Å². The van der Waals surface area contributed by atoms with Crippen molar-refractivity contribution in [3.8, 4) is 0 Å². The molecule has 0 radical (unpaired) electrons. The predicted molar refractivity (Wildman–Crippen MR) is 109 cm³/mol. The van der Waals surface area contributed by atoms with Gasteiger partial charge < -0.3 is 16.0 Å². The molecule has 0 spiro atoms. The Kier molecular flexibility index (Phi) is 5.99. The number of halogens is 1. The quantitative estimate of drug-likeness (QED) is 0.535. The van der Waals surface area contributed by atoms with Crippen LogP contribution in [0.5, 0.6) is 0 Å². The summed E-state index contributed by atoms with van der Waals surface area (Å²) in [6, 6.07) is 7.06. The molecular weight excluding hydrogens is 382 g/mol. The molecule has 3 N–H and O–H groups in total. The molecular formula is C18H28BrN5O. The number of hydrogen-bond acceptors (Lipinski definition) is 6. The van der Waals surface area contributed by atoms with Gasteiger partial charge in [0.05, 0.1) is 5.56 Å². The van der Waals surface area contributed by atoms with Crippen molar-refractivity contribution in [3.05, 3.63) is 46.2 Å². The Balaban J connectivity index is 0.00000243. The predicted octanol–water partition coefficient (Wildman–Crippen LogP) is 3.69. The molecule has 6 nitrogen and oxygen atoms in total. The number of nitrogens with one attached hydrogen (secondary N) is 1. The molecule has 0 aromatic carbocycles. The normalized spacial score (nSPS) is 14.6. The molecule has 0 atom stereocenters. The molecule has 138 valence electrons. The van der Waals surface area contributed by atoms with Crippen molar-refractivity contribution in [1.82, 2.24) is 14.9 Å². The first kappa shape index (κ1) is 17.8. The van der Waals surface area contributed by atoms with Gasteiger partial charge in [0, 0.05) is 21.5 Å². The van der Waals surface area contributed by atoms with E-state index >= 15 is 0 Å². The van der Waals surface area contributed by atoms with E-state index in [9.17, 15) is 4.79 Å². The fourth-order valence-corrected chi connectivity index (χ4v) is 3.29. The number of rotatable bonds is 7. The van der Waals surface area contributed by atoms with E-state index in [1.807, 2.05) is 12.1 Å². The van der Waals surface area contributed by atoms with E-state index in [-0.39, 0.29) is 15.9 Å². The van der Waals surface area contributed by atoms with Crippen molar-refractivity contribution in [2.45, 2.75) is 19.3 Å². The zero-order valence-electron chi connectivity index (χ0n) is 14.0. The summed E-state index contributed by atoms with van der Waals surface area (Å²) in [6.45, 7) is 4.36. The number of hydrogen-bond donors (Lipinski definition) is 2. The molecule has 0 aliphatic carbocycles. The Hall–Kier alpha value is -1.99. The summed E-state index contributed by atoms with van der Waals surface area (Å²) in [5.41, 5.74) is 6.54. The van der Waals surface area contributed by atoms with E-state index in [0.29, 0.717) is 21.5 Å². The zero-order chi connectivity index (χ0) is 17.6. The van der Waals surface area contributed by atoms with Gasteiger partial charge in [-0.05, 0) is 73.0 Å². The van der Waals surface area contributed by atoms with Gasteiger partial charge in [-0.15, -0.1) is 0 Å². The Labute approximate surface area is 160 Å². The number of ketones is 1. The summed E-state index contributed by atoms with van der Waals surface area (Å²) in [5, 5.41) is 3.30. The topological polar surface area (TPSA) is 84.1 Å². The molecule has 3 heterocycles. The second-order valence-corrected chi connectivity index (χ2v) is 7.07. The van der Waals surface area contributed by atoms with E-state index in [4.69, 9.17) is 5.73 Å². The Bertz CT molecular complexity index is 760. The summed E-state index contributed by atoms with van der Waals surface area (Å²) in [5.74, 6) is 0.680. The molecule has 0 saturated carbocycles. The average molecular weight is 410 g/mol. The summed E-state index contributed by atoms with van der Waals surface area (Å²) in [7, 11) is 0. The van der Waals surface area contributed by atoms with Crippen LogP contribution < -0.4 is 11.1 Å². The van der Waals surface area contributed by atoms with E-state index in [1.54, 1.807) is 18.3 Å². The maximum atomic E-state index is 12.6. The van der Waals surface area contributed by atoms with Crippen molar-refractivity contribution in [2.24, 2.45) is 0 Å². The molecule has 1 fully saturated rings. The average Bonchev–Trinajstić information content (AvgIpc) is 3.14. The molecule has 7 heteroatoms. The van der Waals surface area contributed by atoms with Crippen LogP contribution >= 0.6 is 15.9 Å². The van der Waals surface area contributed by atoms with Crippen LogP contribution in [-0.2, 0) is 0 Å². The minimum Gasteiger partial charge on any atom is -0.383 e. The number of pyridine rings is 2. The lowest BCUT2D eigenvalue weighted by Crippen LogP contribution is -2.22. The second-order valence-electron chi connectivity index (χ2n) is 6.15. The van der Waals surface area contributed by atoms with Crippen LogP contribution in [0.15, 0.2) is 34.9 Å². The van der Waals surface area contributed by atoms with Crippen LogP contribution in [0.1, 0.15) is 39.6 Å². The van der Waals surface area contributed by atoms with E-state index in [1.165, 1.54) is 25.9 Å². The van der Waals surface area contributed by atoms with Crippen LogP contribution in [0, 0.1) is 0 Å². The van der Waals surface area contributed by atoms with Crippen molar-refractivity contribution in [1.29, 1.82) is 0 Å². The fraction of sp³-hybridized carbons (Fsp3) is 0.389. The van der Waals surface area contributed by atoms with Gasteiger partial charge >= 0.3 is 0 Å². The highest BCUT2D eigenvalue weighted by Gasteiger charge is 2.16. The monoisotopic (exact) mass is 409 g/mol. The number of anilines is 2. The van der Waals surface area contributed by atoms with Crippen molar-refractivity contribution in [2.75, 3.05) is 37.2 Å². The summed E-state index contributed by atoms with van der Waals surface area (Å²) in [6.07, 6.45) is 5.25. The van der Waals surface area contributed by atoms with Crippen LogP contribution in [0.2, 0.25) is 0 Å².